The van der Waals surface area contributed by atoms with E-state index in [0.29, 0.717) is 0 Å². The van der Waals surface area contributed by atoms with E-state index < -0.39 is 0 Å². The van der Waals surface area contributed by atoms with Gasteiger partial charge >= 0.3 is 0 Å². The summed E-state index contributed by atoms with van der Waals surface area (Å²) in [5, 5.41) is 12.2. The van der Waals surface area contributed by atoms with Crippen LogP contribution in [0.2, 0.25) is 0 Å². The summed E-state index contributed by atoms with van der Waals surface area (Å²) in [6.45, 7) is 14.1. The van der Waals surface area contributed by atoms with Gasteiger partial charge in [0.05, 0.1) is 10.8 Å². The van der Waals surface area contributed by atoms with Crippen LogP contribution in [0.25, 0.3) is 10.1 Å². The van der Waals surface area contributed by atoms with Crippen LogP contribution in [0.3, 0.4) is 0 Å². The molecule has 1 aliphatic carbocycles. The second-order valence-corrected chi connectivity index (χ2v) is 11.5. The number of aliphatic hydroxyl groups excluding tert-OH is 1. The van der Waals surface area contributed by atoms with Gasteiger partial charge in [-0.2, -0.15) is 4.37 Å². The summed E-state index contributed by atoms with van der Waals surface area (Å²) in [7, 11) is 0. The number of hydrogen-bond donors (Lipinski definition) is 1. The molecule has 170 valence electrons. The average Bonchev–Trinajstić information content (AvgIpc) is 3.27. The molecule has 0 spiro atoms. The van der Waals surface area contributed by atoms with Gasteiger partial charge in [0.2, 0.25) is 0 Å². The van der Waals surface area contributed by atoms with Gasteiger partial charge in [-0.25, -0.2) is 0 Å². The van der Waals surface area contributed by atoms with Crippen molar-refractivity contribution in [2.75, 3.05) is 37.6 Å². The van der Waals surface area contributed by atoms with Crippen LogP contribution in [0.1, 0.15) is 50.8 Å². The van der Waals surface area contributed by atoms with Crippen LogP contribution in [-0.2, 0) is 17.3 Å². The summed E-state index contributed by atoms with van der Waals surface area (Å²) in [4.78, 5) is 5.04. The lowest BCUT2D eigenvalue weighted by Crippen LogP contribution is -2.46. The van der Waals surface area contributed by atoms with Gasteiger partial charge in [0, 0.05) is 42.4 Å². The zero-order valence-corrected chi connectivity index (χ0v) is 20.6. The number of aliphatic hydroxyl groups is 1. The maximum atomic E-state index is 10.9. The topological polar surface area (TPSA) is 39.6 Å². The monoisotopic (exact) mass is 449 g/mol. The lowest BCUT2D eigenvalue weighted by atomic mass is 9.78. The molecule has 4 nitrogen and oxygen atoms in total. The van der Waals surface area contributed by atoms with Crippen LogP contribution in [0.5, 0.6) is 0 Å². The van der Waals surface area contributed by atoms with Crippen LogP contribution in [-0.4, -0.2) is 53.2 Å². The second-order valence-electron chi connectivity index (χ2n) is 10.7. The summed E-state index contributed by atoms with van der Waals surface area (Å²) in [5.74, 6) is 1.16. The van der Waals surface area contributed by atoms with Crippen LogP contribution < -0.4 is 4.90 Å². The number of benzene rings is 2. The van der Waals surface area contributed by atoms with Crippen molar-refractivity contribution in [2.24, 2.45) is 0 Å². The van der Waals surface area contributed by atoms with E-state index in [-0.39, 0.29) is 16.9 Å². The third kappa shape index (κ3) is 3.64. The van der Waals surface area contributed by atoms with Crippen molar-refractivity contribution in [3.05, 3.63) is 59.2 Å². The molecule has 0 radical (unpaired) electrons. The van der Waals surface area contributed by atoms with Crippen molar-refractivity contribution < 1.29 is 5.11 Å². The largest absolute Gasteiger partial charge is 0.391 e. The number of aryl methyl sites for hydroxylation is 1. The third-order valence-electron chi connectivity index (χ3n) is 7.81. The highest BCUT2D eigenvalue weighted by Gasteiger charge is 2.50. The second kappa shape index (κ2) is 8.12. The first-order valence-electron chi connectivity index (χ1n) is 11.9. The Labute approximate surface area is 196 Å². The minimum Gasteiger partial charge on any atom is -0.391 e. The molecule has 0 amide bonds. The SMILES string of the molecule is CC1(C)c2ccc(CCCN3CCN(c4nsc5ccccc45)CC3)cc2C(C)(C)C1O. The van der Waals surface area contributed by atoms with Crippen molar-refractivity contribution in [1.29, 1.82) is 0 Å². The zero-order valence-electron chi connectivity index (χ0n) is 19.8. The van der Waals surface area contributed by atoms with E-state index in [1.165, 1.54) is 33.2 Å². The lowest BCUT2D eigenvalue weighted by molar-refractivity contribution is 0.0566. The Bertz CT molecular complexity index is 1110. The van der Waals surface area contributed by atoms with E-state index in [4.69, 9.17) is 4.37 Å². The van der Waals surface area contributed by atoms with E-state index in [1.54, 1.807) is 11.5 Å². The third-order valence-corrected chi connectivity index (χ3v) is 8.63. The van der Waals surface area contributed by atoms with E-state index >= 15 is 0 Å². The quantitative estimate of drug-likeness (QED) is 0.596. The van der Waals surface area contributed by atoms with E-state index in [0.717, 1.165) is 45.0 Å². The van der Waals surface area contributed by atoms with E-state index in [2.05, 4.69) is 80.0 Å². The minimum absolute atomic E-state index is 0.181. The molecular weight excluding hydrogens is 414 g/mol. The van der Waals surface area contributed by atoms with Crippen molar-refractivity contribution in [3.63, 3.8) is 0 Å². The number of nitrogens with zero attached hydrogens (tertiary/aromatic N) is 3. The van der Waals surface area contributed by atoms with Crippen molar-refractivity contribution >= 4 is 27.4 Å². The fourth-order valence-corrected chi connectivity index (χ4v) is 6.63. The predicted octanol–water partition coefficient (Wildman–Crippen LogP) is 4.98. The molecule has 5 rings (SSSR count). The predicted molar refractivity (Wildman–Crippen MR) is 135 cm³/mol. The van der Waals surface area contributed by atoms with Gasteiger partial charge in [-0.1, -0.05) is 58.0 Å². The molecule has 1 fully saturated rings. The molecule has 1 aromatic heterocycles. The smallest absolute Gasteiger partial charge is 0.150 e. The van der Waals surface area contributed by atoms with E-state index in [1.807, 2.05) is 0 Å². The summed E-state index contributed by atoms with van der Waals surface area (Å²) in [6.07, 6.45) is 1.92. The molecule has 1 saturated heterocycles. The Balaban J connectivity index is 1.16. The highest BCUT2D eigenvalue weighted by atomic mass is 32.1. The minimum atomic E-state index is -0.341. The highest BCUT2D eigenvalue weighted by Crippen LogP contribution is 2.49. The number of hydrogen-bond acceptors (Lipinski definition) is 5. The number of anilines is 1. The summed E-state index contributed by atoms with van der Waals surface area (Å²) in [6, 6.07) is 15.5. The fraction of sp³-hybridized carbons (Fsp3) is 0.519. The fourth-order valence-electron chi connectivity index (χ4n) is 5.83. The molecule has 0 saturated carbocycles. The highest BCUT2D eigenvalue weighted by molar-refractivity contribution is 7.13. The molecule has 2 aliphatic rings. The molecular formula is C27H35N3OS. The average molecular weight is 450 g/mol. The Morgan fingerprint density at radius 1 is 0.969 bits per heavy atom. The van der Waals surface area contributed by atoms with Gasteiger partial charge in [0.1, 0.15) is 5.82 Å². The molecule has 5 heteroatoms. The first-order valence-corrected chi connectivity index (χ1v) is 12.7. The molecule has 3 aromatic rings. The van der Waals surface area contributed by atoms with Gasteiger partial charge in [-0.3, -0.25) is 4.90 Å². The number of piperazine rings is 1. The first-order chi connectivity index (χ1) is 15.3. The molecule has 2 aromatic carbocycles. The Hall–Kier alpha value is -1.95. The van der Waals surface area contributed by atoms with Gasteiger partial charge in [0.15, 0.2) is 0 Å². The van der Waals surface area contributed by atoms with Gasteiger partial charge < -0.3 is 10.0 Å². The molecule has 2 heterocycles. The van der Waals surface area contributed by atoms with Gasteiger partial charge in [-0.05, 0) is 59.7 Å². The standard InChI is InChI=1S/C27H35N3OS/c1-26(2)21-12-11-19(18-22(21)27(3,4)25(26)31)8-7-13-29-14-16-30(17-15-29)24-20-9-5-6-10-23(20)32-28-24/h5-6,9-12,18,25,31H,7-8,13-17H2,1-4H3. The summed E-state index contributed by atoms with van der Waals surface area (Å²) < 4.78 is 6.01. The Kier molecular flexibility index (Phi) is 5.55. The lowest BCUT2D eigenvalue weighted by Gasteiger charge is -2.35. The van der Waals surface area contributed by atoms with Crippen LogP contribution in [0.15, 0.2) is 42.5 Å². The molecule has 1 N–H and O–H groups in total. The van der Waals surface area contributed by atoms with Crippen molar-refractivity contribution in [1.82, 2.24) is 9.27 Å². The summed E-state index contributed by atoms with van der Waals surface area (Å²) in [5.41, 5.74) is 3.67. The molecule has 32 heavy (non-hydrogen) atoms. The first kappa shape index (κ1) is 21.9. The van der Waals surface area contributed by atoms with Crippen LogP contribution in [0.4, 0.5) is 5.82 Å². The summed E-state index contributed by atoms with van der Waals surface area (Å²) >= 11 is 1.61. The number of aromatic nitrogens is 1. The molecule has 0 bridgehead atoms. The van der Waals surface area contributed by atoms with Crippen LogP contribution >= 0.6 is 11.5 Å². The Morgan fingerprint density at radius 2 is 1.69 bits per heavy atom. The maximum Gasteiger partial charge on any atom is 0.150 e. The number of rotatable bonds is 5. The number of fused-ring (bicyclic) bond motifs is 2. The van der Waals surface area contributed by atoms with Crippen molar-refractivity contribution in [3.8, 4) is 0 Å². The van der Waals surface area contributed by atoms with Crippen LogP contribution in [0, 0.1) is 0 Å². The molecule has 1 aliphatic heterocycles. The van der Waals surface area contributed by atoms with E-state index in [9.17, 15) is 5.11 Å². The van der Waals surface area contributed by atoms with Gasteiger partial charge in [0.25, 0.3) is 0 Å². The molecule has 1 unspecified atom stereocenters. The Morgan fingerprint density at radius 3 is 2.47 bits per heavy atom. The van der Waals surface area contributed by atoms with Gasteiger partial charge in [-0.15, -0.1) is 0 Å². The molecule has 1 atom stereocenters. The normalized spacial score (nSPS) is 22.4. The van der Waals surface area contributed by atoms with Crippen molar-refractivity contribution in [2.45, 2.75) is 57.5 Å². The maximum absolute atomic E-state index is 10.9. The zero-order chi connectivity index (χ0) is 22.5.